The lowest BCUT2D eigenvalue weighted by Crippen LogP contribution is -2.36. The average Bonchev–Trinajstić information content (AvgIpc) is 1.62. The molecule has 12 rings (SSSR count). The number of hydrogen-bond acceptors (Lipinski definition) is 40. The largest absolute Gasteiger partial charge is 0.474 e. The Hall–Kier alpha value is -7.03. The second-order valence-electron chi connectivity index (χ2n) is 23.8. The Morgan fingerprint density at radius 1 is 0.564 bits per heavy atom. The Balaban J connectivity index is 0.704. The molecule has 7 aromatic heterocycles. The highest BCUT2D eigenvalue weighted by molar-refractivity contribution is 14.1. The quantitative estimate of drug-likeness (QED) is 0.00814. The van der Waals surface area contributed by atoms with Crippen LogP contribution in [0.15, 0.2) is 78.2 Å². The number of aromatic nitrogens is 14. The van der Waals surface area contributed by atoms with Gasteiger partial charge in [0.25, 0.3) is 16.7 Å². The number of carbonyl (C=O) groups is 1. The molecule has 110 heavy (non-hydrogen) atoms. The molecule has 0 saturated carbocycles. The van der Waals surface area contributed by atoms with E-state index in [1.165, 1.54) is 28.7 Å². The number of alkyl halides is 1. The summed E-state index contributed by atoms with van der Waals surface area (Å²) in [5.74, 6) is -1.32. The van der Waals surface area contributed by atoms with Crippen LogP contribution in [0.1, 0.15) is 68.6 Å². The predicted molar refractivity (Wildman–Crippen MR) is 366 cm³/mol. The number of hydrogen-bond donors (Lipinski definition) is 15. The van der Waals surface area contributed by atoms with Crippen molar-refractivity contribution in [3.63, 3.8) is 0 Å². The number of imidazole rings is 2. The molecule has 5 fully saturated rings. The Morgan fingerprint density at radius 3 is 1.48 bits per heavy atom. The number of fused-ring (bicyclic) bond motifs is 2. The minimum atomic E-state index is -5.89. The van der Waals surface area contributed by atoms with Crippen LogP contribution in [-0.2, 0) is 96.5 Å². The summed E-state index contributed by atoms with van der Waals surface area (Å²) in [6.07, 6.45) is -35.9. The first-order chi connectivity index (χ1) is 53.5. The van der Waals surface area contributed by atoms with E-state index in [2.05, 4.69) is 39.9 Å². The molecular weight excluding hydrogens is 1710 g/mol. The van der Waals surface area contributed by atoms with Gasteiger partial charge in [-0.05, 0) is 34.7 Å². The zero-order valence-corrected chi connectivity index (χ0v) is 61.7. The number of phosphoric ester groups is 5. The summed E-state index contributed by atoms with van der Waals surface area (Å²) in [5.41, 5.74) is 15.6. The minimum Gasteiger partial charge on any atom is -0.394 e. The standard InChI is InChI=1S/C51H66IN18O35P5/c52-42(105-110(89,90)104-26(12-71)21(74)14-91-106(81,82)101-23-9-35(67-5-2-32(54)60-50(67)79)97-29(23)16-93-108(85,86)100-22-8-37(95-27(22)13-72)69-18-57-39-43(69)62-47(55)64-45(39)76)41-25(11-36(99-41)68-6-3-33(75)61-51(68)80)103-109(87,88)94-17-30-24(10-38(98-30)70-19-58-40-44(70)63-48(56)65-46(40)77)102-107(83,84)92-15-28-20(73)7-34(96-28)66-4-1-31(53)59-49(66)78/h1-6,12,18-30,34-38,41-42,72-74H,7-11,13-17H2,(H,81,82)(H,83,84)(H,85,86)(H,87,88)(H,89,90)(H2,53,59,78)(H2,54,60,79)(H,61,75,80)(H3,55,62,64,76)(H3,56,63,65,77)/t20-,21-,22-,23-,24-,25-,26-,27+,28+,29+,30+,34+,35+,36+,37+,38+,41-,42?/m0/s1/i7D,8D,9D,10D/t7-,8-,9-,10-,20+,21+,22+,23+,24+,25+,26+,27-,28-,29-,30-,34-,35-,36-,37-,38-,41+,42?/m1. The minimum absolute atomic E-state index is 0.189. The van der Waals surface area contributed by atoms with Crippen LogP contribution in [0.2, 0.25) is 0 Å². The highest BCUT2D eigenvalue weighted by Gasteiger charge is 2.52. The molecule has 5 aliphatic rings. The SMILES string of the molecule is [2H][C@@H]1[C@H](O)[C@@H](COP(=O)(O)O[C@H]2[C@@H]([2H])[C@H](n3cnc4c(=O)[nH]c(N)nc43)O[C@@H]2COP(=O)(O)O[C@H]2C[C@H](n3ccc(=O)[nH]c3=O)O[C@@H]2C(I)OP(=O)(O)O[C@@H](C=O)[C@@H](O)COP(=O)(O)O[C@H]2[C@@H]([2H])[C@H](n3ccc(N)nc3=O)O[C@@H]2COP(=O)(O)O[C@H]2[C@@H]([2H])[C@H](n3cnc4c(=O)[nH]c(N)nc43)O[C@@H]2CO)O[C@H]1n1ccc(N)nc1=O. The summed E-state index contributed by atoms with van der Waals surface area (Å²) in [6.45, 7) is -6.07. The maximum atomic E-state index is 14.2. The molecule has 12 heterocycles. The maximum Gasteiger partial charge on any atom is 0.474 e. The van der Waals surface area contributed by atoms with Crippen molar-refractivity contribution in [1.29, 1.82) is 0 Å². The molecule has 53 nitrogen and oxygen atoms in total. The normalized spacial score (nSPS) is 32.5. The molecule has 19 N–H and O–H groups in total. The summed E-state index contributed by atoms with van der Waals surface area (Å²) in [5, 5.41) is 32.2. The summed E-state index contributed by atoms with van der Waals surface area (Å²) >= 11 is 1.25. The Bertz CT molecular complexity index is 5380. The number of nitrogens with zero attached hydrogens (tertiary/aromatic N) is 11. The molecule has 59 heteroatoms. The van der Waals surface area contributed by atoms with Crippen LogP contribution in [0.25, 0.3) is 22.3 Å². The van der Waals surface area contributed by atoms with Crippen molar-refractivity contribution in [2.24, 2.45) is 0 Å². The first kappa shape index (κ1) is 76.9. The van der Waals surface area contributed by atoms with Crippen LogP contribution in [0.4, 0.5) is 23.5 Å². The lowest BCUT2D eigenvalue weighted by molar-refractivity contribution is -0.122. The third kappa shape index (κ3) is 19.4. The lowest BCUT2D eigenvalue weighted by Gasteiger charge is -2.28. The fourth-order valence-electron chi connectivity index (χ4n) is 11.3. The molecule has 0 amide bonds. The van der Waals surface area contributed by atoms with Gasteiger partial charge < -0.3 is 91.2 Å². The van der Waals surface area contributed by atoms with E-state index in [1.54, 1.807) is 0 Å². The highest BCUT2D eigenvalue weighted by atomic mass is 127. The van der Waals surface area contributed by atoms with E-state index in [0.717, 1.165) is 61.6 Å². The summed E-state index contributed by atoms with van der Waals surface area (Å²) < 4.78 is 188. The third-order valence-corrected chi connectivity index (χ3v) is 22.6. The number of nitrogen functional groups attached to an aromatic ring is 4. The van der Waals surface area contributed by atoms with Gasteiger partial charge in [0.15, 0.2) is 34.7 Å². The van der Waals surface area contributed by atoms with Gasteiger partial charge in [-0.1, -0.05) is 0 Å². The Kier molecular flexibility index (Phi) is 23.2. The Labute approximate surface area is 629 Å². The lowest BCUT2D eigenvalue weighted by atomic mass is 10.2. The molecule has 5 saturated heterocycles. The molecule has 0 bridgehead atoms. The maximum absolute atomic E-state index is 14.2. The predicted octanol–water partition coefficient (Wildman–Crippen LogP) is -3.73. The highest BCUT2D eigenvalue weighted by Crippen LogP contribution is 2.56. The molecule has 0 aliphatic carbocycles. The topological polar surface area (TPSA) is 759 Å². The number of nitrogens with one attached hydrogen (secondary N) is 3. The van der Waals surface area contributed by atoms with Gasteiger partial charge in [-0.15, -0.1) is 0 Å². The van der Waals surface area contributed by atoms with Gasteiger partial charge in [0.05, 0.1) is 51.8 Å². The molecule has 7 aromatic rings. The summed E-state index contributed by atoms with van der Waals surface area (Å²) in [6, 6.07) is 3.10. The van der Waals surface area contributed by atoms with Crippen LogP contribution >= 0.6 is 61.7 Å². The van der Waals surface area contributed by atoms with Gasteiger partial charge in [-0.25, -0.2) is 47.2 Å². The van der Waals surface area contributed by atoms with E-state index in [-0.39, 0.29) is 46.2 Å². The zero-order valence-electron chi connectivity index (χ0n) is 59.1. The van der Waals surface area contributed by atoms with E-state index < -0.39 is 252 Å². The van der Waals surface area contributed by atoms with Crippen molar-refractivity contribution < 1.29 is 142 Å². The van der Waals surface area contributed by atoms with Crippen LogP contribution < -0.4 is 56.7 Å². The number of phosphoric acid groups is 5. The molecule has 0 radical (unpaired) electrons. The van der Waals surface area contributed by atoms with Gasteiger partial charge in [0, 0.05) is 62.1 Å². The van der Waals surface area contributed by atoms with Crippen molar-refractivity contribution in [3.8, 4) is 0 Å². The molecule has 6 unspecified atom stereocenters. The second kappa shape index (κ2) is 33.2. The number of rotatable bonds is 33. The zero-order chi connectivity index (χ0) is 82.7. The fourth-order valence-corrected chi connectivity index (χ4v) is 17.3. The van der Waals surface area contributed by atoms with Crippen LogP contribution in [0.3, 0.4) is 0 Å². The van der Waals surface area contributed by atoms with E-state index in [1.807, 2.05) is 4.98 Å². The average molecular weight is 1780 g/mol. The van der Waals surface area contributed by atoms with Gasteiger partial charge in [0.2, 0.25) is 11.9 Å². The van der Waals surface area contributed by atoms with Crippen molar-refractivity contribution in [2.45, 2.75) is 141 Å². The van der Waals surface area contributed by atoms with Crippen molar-refractivity contribution in [2.75, 3.05) is 56.0 Å². The van der Waals surface area contributed by atoms with E-state index in [0.29, 0.717) is 4.57 Å². The summed E-state index contributed by atoms with van der Waals surface area (Å²) in [7, 11) is -28.6. The monoisotopic (exact) mass is 1780 g/mol. The van der Waals surface area contributed by atoms with Crippen LogP contribution in [-0.4, -0.2) is 224 Å². The van der Waals surface area contributed by atoms with Gasteiger partial charge >= 0.3 is 56.2 Å². The first-order valence-corrected chi connectivity index (χ1v) is 40.1. The smallest absolute Gasteiger partial charge is 0.394 e. The second-order valence-corrected chi connectivity index (χ2v) is 32.0. The van der Waals surface area contributed by atoms with Gasteiger partial charge in [-0.2, -0.15) is 19.9 Å². The number of aromatic amines is 3. The first-order valence-electron chi connectivity index (χ1n) is 33.6. The van der Waals surface area contributed by atoms with Crippen molar-refractivity contribution >= 4 is 114 Å². The molecule has 27 atom stereocenters. The van der Waals surface area contributed by atoms with Gasteiger partial charge in [-0.3, -0.25) is 97.4 Å². The molecule has 602 valence electrons. The van der Waals surface area contributed by atoms with Crippen LogP contribution in [0.5, 0.6) is 0 Å². The number of ether oxygens (including phenoxy) is 5. The Morgan fingerprint density at radius 2 is 1.00 bits per heavy atom. The van der Waals surface area contributed by atoms with E-state index in [9.17, 15) is 97.5 Å². The number of H-pyrrole nitrogens is 3. The van der Waals surface area contributed by atoms with Crippen molar-refractivity contribution in [1.82, 2.24) is 67.7 Å². The van der Waals surface area contributed by atoms with E-state index in [4.69, 9.17) is 96.0 Å². The fraction of sp³-hybridized carbons (Fsp3) is 0.549. The molecular formula is C51H66IN18O35P5. The van der Waals surface area contributed by atoms with Gasteiger partial charge in [0.1, 0.15) is 108 Å². The number of carbonyl (C=O) groups excluding carboxylic acids is 1. The van der Waals surface area contributed by atoms with Crippen molar-refractivity contribution in [3.05, 3.63) is 112 Å². The number of halogens is 1. The molecule has 5 aliphatic heterocycles. The number of aliphatic hydroxyl groups is 3. The van der Waals surface area contributed by atoms with E-state index >= 15 is 0 Å². The van der Waals surface area contributed by atoms with Crippen LogP contribution in [0, 0.1) is 0 Å². The number of aldehydes is 1. The number of aliphatic hydroxyl groups excluding tert-OH is 3. The molecule has 0 spiro atoms. The molecule has 0 aromatic carbocycles. The summed E-state index contributed by atoms with van der Waals surface area (Å²) in [4.78, 5) is 174. The third-order valence-electron chi connectivity index (χ3n) is 16.2. The number of nitrogens with two attached hydrogens (primary N) is 4. The number of anilines is 4.